The van der Waals surface area contributed by atoms with E-state index in [2.05, 4.69) is 34.4 Å². The first kappa shape index (κ1) is 18.1. The van der Waals surface area contributed by atoms with Crippen molar-refractivity contribution in [1.29, 1.82) is 0 Å². The highest BCUT2D eigenvalue weighted by Crippen LogP contribution is 2.21. The summed E-state index contributed by atoms with van der Waals surface area (Å²) in [5, 5.41) is 5.95. The molecule has 3 aromatic rings. The zero-order chi connectivity index (χ0) is 19.1. The maximum absolute atomic E-state index is 12.2. The molecule has 0 spiro atoms. The van der Waals surface area contributed by atoms with Crippen molar-refractivity contribution < 1.29 is 4.79 Å². The number of piperazine rings is 1. The fourth-order valence-electron chi connectivity index (χ4n) is 3.77. The van der Waals surface area contributed by atoms with E-state index in [4.69, 9.17) is 17.3 Å². The van der Waals surface area contributed by atoms with E-state index in [1.165, 1.54) is 10.9 Å². The van der Waals surface area contributed by atoms with Crippen molar-refractivity contribution in [2.75, 3.05) is 26.2 Å². The zero-order valence-corrected chi connectivity index (χ0v) is 16.9. The number of amides is 1. The third-order valence-electron chi connectivity index (χ3n) is 5.29. The molecule has 6 nitrogen and oxygen atoms in total. The fourth-order valence-corrected chi connectivity index (χ4v) is 4.06. The minimum atomic E-state index is 0.0557. The number of fused-ring (bicyclic) bond motifs is 3. The molecule has 1 amide bonds. The van der Waals surface area contributed by atoms with Crippen LogP contribution < -0.4 is 0 Å². The van der Waals surface area contributed by atoms with Crippen LogP contribution in [0.1, 0.15) is 19.4 Å². The van der Waals surface area contributed by atoms with Crippen LogP contribution in [0.25, 0.3) is 16.6 Å². The van der Waals surface area contributed by atoms with Crippen molar-refractivity contribution in [1.82, 2.24) is 24.0 Å². The Morgan fingerprint density at radius 2 is 1.89 bits per heavy atom. The number of nitrogens with zero attached hydrogens (tertiary/aromatic N) is 5. The largest absolute Gasteiger partial charge is 0.340 e. The lowest BCUT2D eigenvalue weighted by molar-refractivity contribution is -0.136. The minimum absolute atomic E-state index is 0.0557. The van der Waals surface area contributed by atoms with Gasteiger partial charge in [0.15, 0.2) is 5.65 Å². The van der Waals surface area contributed by atoms with Crippen molar-refractivity contribution in [3.8, 4) is 0 Å². The van der Waals surface area contributed by atoms with Crippen molar-refractivity contribution in [2.45, 2.75) is 27.4 Å². The smallest absolute Gasteiger partial charge is 0.225 e. The van der Waals surface area contributed by atoms with Crippen LogP contribution in [0, 0.1) is 17.6 Å². The van der Waals surface area contributed by atoms with Gasteiger partial charge in [0, 0.05) is 37.5 Å². The van der Waals surface area contributed by atoms with E-state index in [-0.39, 0.29) is 11.8 Å². The molecule has 0 unspecified atom stereocenters. The lowest BCUT2D eigenvalue weighted by atomic mass is 10.1. The third-order valence-corrected chi connectivity index (χ3v) is 5.68. The quantitative estimate of drug-likeness (QED) is 0.652. The number of pyridine rings is 1. The summed E-state index contributed by atoms with van der Waals surface area (Å²) < 4.78 is 4.66. The van der Waals surface area contributed by atoms with Gasteiger partial charge in [-0.1, -0.05) is 32.0 Å². The second-order valence-electron chi connectivity index (χ2n) is 7.56. The van der Waals surface area contributed by atoms with Gasteiger partial charge in [-0.25, -0.2) is 4.68 Å². The maximum Gasteiger partial charge on any atom is 0.225 e. The van der Waals surface area contributed by atoms with Crippen molar-refractivity contribution >= 4 is 34.7 Å². The number of hydrogen-bond acceptors (Lipinski definition) is 4. The molecule has 7 heteroatoms. The van der Waals surface area contributed by atoms with Crippen LogP contribution in [0.5, 0.6) is 0 Å². The maximum atomic E-state index is 12.2. The zero-order valence-electron chi connectivity index (χ0n) is 16.1. The molecule has 27 heavy (non-hydrogen) atoms. The molecule has 0 bridgehead atoms. The van der Waals surface area contributed by atoms with Crippen LogP contribution in [0.15, 0.2) is 30.3 Å². The normalized spacial score (nSPS) is 15.9. The Kier molecular flexibility index (Phi) is 4.74. The number of aryl methyl sites for hydroxylation is 1. The van der Waals surface area contributed by atoms with Gasteiger partial charge in [0.1, 0.15) is 0 Å². The molecule has 4 rings (SSSR count). The van der Waals surface area contributed by atoms with Crippen LogP contribution in [0.2, 0.25) is 0 Å². The van der Waals surface area contributed by atoms with Gasteiger partial charge in [-0.15, -0.1) is 0 Å². The Morgan fingerprint density at radius 1 is 1.19 bits per heavy atom. The summed E-state index contributed by atoms with van der Waals surface area (Å²) in [4.78, 5) is 16.4. The average molecular weight is 384 g/mol. The van der Waals surface area contributed by atoms with Crippen LogP contribution in [0.4, 0.5) is 0 Å². The molecular weight excluding hydrogens is 358 g/mol. The molecule has 0 aliphatic carbocycles. The Balaban J connectivity index is 1.59. The van der Waals surface area contributed by atoms with E-state index in [1.54, 1.807) is 0 Å². The van der Waals surface area contributed by atoms with Crippen LogP contribution in [-0.4, -0.2) is 56.1 Å². The molecule has 1 aliphatic heterocycles. The van der Waals surface area contributed by atoms with Gasteiger partial charge in [-0.3, -0.25) is 14.1 Å². The third kappa shape index (κ3) is 3.26. The summed E-state index contributed by atoms with van der Waals surface area (Å²) in [5.41, 5.74) is 3.17. The number of carbonyl (C=O) groups is 1. The number of hydrogen-bond donors (Lipinski definition) is 0. The van der Waals surface area contributed by atoms with Gasteiger partial charge in [0.2, 0.25) is 10.7 Å². The average Bonchev–Trinajstić information content (AvgIpc) is 2.97. The first-order chi connectivity index (χ1) is 13.0. The topological polar surface area (TPSA) is 45.8 Å². The van der Waals surface area contributed by atoms with Crippen LogP contribution >= 0.6 is 12.2 Å². The van der Waals surface area contributed by atoms with E-state index < -0.39 is 0 Å². The lowest BCUT2D eigenvalue weighted by Gasteiger charge is -2.35. The summed E-state index contributed by atoms with van der Waals surface area (Å²) >= 11 is 5.74. The molecule has 1 fully saturated rings. The lowest BCUT2D eigenvalue weighted by Crippen LogP contribution is -2.50. The number of para-hydroxylation sites is 1. The first-order valence-corrected chi connectivity index (χ1v) is 9.85. The number of carbonyl (C=O) groups excluding carboxylic acids is 1. The van der Waals surface area contributed by atoms with Gasteiger partial charge < -0.3 is 4.90 Å². The Bertz CT molecular complexity index is 1060. The SMILES string of the molecule is Cc1cc2nn(CN3CCN(C(=O)C(C)C)CC3)c(=S)n2c2ccccc12. The predicted molar refractivity (Wildman–Crippen MR) is 109 cm³/mol. The highest BCUT2D eigenvalue weighted by molar-refractivity contribution is 7.71. The fraction of sp³-hybridized carbons (Fsp3) is 0.450. The van der Waals surface area contributed by atoms with Crippen LogP contribution in [0.3, 0.4) is 0 Å². The Labute approximate surface area is 164 Å². The highest BCUT2D eigenvalue weighted by Gasteiger charge is 2.23. The summed E-state index contributed by atoms with van der Waals surface area (Å²) in [5.74, 6) is 0.293. The molecule has 142 valence electrons. The van der Waals surface area contributed by atoms with Gasteiger partial charge in [0.25, 0.3) is 0 Å². The molecule has 0 radical (unpaired) electrons. The van der Waals surface area contributed by atoms with Crippen molar-refractivity contribution in [3.05, 3.63) is 40.7 Å². The molecule has 2 aromatic heterocycles. The summed E-state index contributed by atoms with van der Waals surface area (Å²) in [6, 6.07) is 10.4. The highest BCUT2D eigenvalue weighted by atomic mass is 32.1. The van der Waals surface area contributed by atoms with E-state index in [0.29, 0.717) is 11.4 Å². The molecule has 1 saturated heterocycles. The Hall–Kier alpha value is -2.25. The van der Waals surface area contributed by atoms with Crippen molar-refractivity contribution in [3.63, 3.8) is 0 Å². The van der Waals surface area contributed by atoms with Crippen molar-refractivity contribution in [2.24, 2.45) is 5.92 Å². The first-order valence-electron chi connectivity index (χ1n) is 9.45. The standard InChI is InChI=1S/C20H25N5OS/c1-14(2)19(26)23-10-8-22(9-11-23)13-24-20(27)25-17-7-5-4-6-16(17)15(3)12-18(25)21-24/h4-7,12,14H,8-11,13H2,1-3H3. The number of rotatable bonds is 3. The van der Waals surface area contributed by atoms with E-state index in [1.807, 2.05) is 35.6 Å². The molecule has 1 aliphatic rings. The monoisotopic (exact) mass is 383 g/mol. The van der Waals surface area contributed by atoms with Gasteiger partial charge in [-0.2, -0.15) is 5.10 Å². The molecular formula is C20H25N5OS. The Morgan fingerprint density at radius 3 is 2.59 bits per heavy atom. The van der Waals surface area contributed by atoms with E-state index >= 15 is 0 Å². The second kappa shape index (κ2) is 7.05. The minimum Gasteiger partial charge on any atom is -0.340 e. The number of benzene rings is 1. The molecule has 3 heterocycles. The molecule has 1 aromatic carbocycles. The summed E-state index contributed by atoms with van der Waals surface area (Å²) in [7, 11) is 0. The van der Waals surface area contributed by atoms with E-state index in [0.717, 1.165) is 37.3 Å². The summed E-state index contributed by atoms with van der Waals surface area (Å²) in [6.07, 6.45) is 0. The summed E-state index contributed by atoms with van der Waals surface area (Å²) in [6.45, 7) is 9.88. The van der Waals surface area contributed by atoms with Gasteiger partial charge in [-0.05, 0) is 36.8 Å². The van der Waals surface area contributed by atoms with E-state index in [9.17, 15) is 4.79 Å². The molecule has 0 saturated carbocycles. The van der Waals surface area contributed by atoms with Gasteiger partial charge >= 0.3 is 0 Å². The predicted octanol–water partition coefficient (Wildman–Crippen LogP) is 3.08. The second-order valence-corrected chi connectivity index (χ2v) is 7.92. The van der Waals surface area contributed by atoms with Crippen LogP contribution in [-0.2, 0) is 11.5 Å². The number of aromatic nitrogens is 3. The molecule has 0 N–H and O–H groups in total. The van der Waals surface area contributed by atoms with Gasteiger partial charge in [0.05, 0.1) is 12.2 Å². The molecule has 0 atom stereocenters.